The van der Waals surface area contributed by atoms with Crippen molar-refractivity contribution < 1.29 is 8.42 Å². The van der Waals surface area contributed by atoms with Crippen LogP contribution in [0.3, 0.4) is 0 Å². The van der Waals surface area contributed by atoms with Crippen molar-refractivity contribution in [3.8, 4) is 0 Å². The lowest BCUT2D eigenvalue weighted by molar-refractivity contribution is 0.316. The molecular formula is C17H34N4O2S2. The van der Waals surface area contributed by atoms with Crippen LogP contribution in [0.15, 0.2) is 4.99 Å². The molecule has 146 valence electrons. The van der Waals surface area contributed by atoms with Crippen LogP contribution in [0, 0.1) is 5.92 Å². The fraction of sp³-hybridized carbons (Fsp3) is 0.941. The van der Waals surface area contributed by atoms with Crippen LogP contribution in [0.25, 0.3) is 0 Å². The number of aliphatic imine (C=N–C) groups is 1. The van der Waals surface area contributed by atoms with Gasteiger partial charge in [0.25, 0.3) is 0 Å². The highest BCUT2D eigenvalue weighted by Crippen LogP contribution is 2.27. The fourth-order valence-electron chi connectivity index (χ4n) is 3.30. The standard InChI is InChI=1S/C17H34N4O2S2/c1-3-18-17(21-15-8-5-9-16(12-15)24-2)19-10-11-25(22,23)20-13-14-6-4-7-14/h14-16,20H,3-13H2,1-2H3,(H2,18,19,21). The summed E-state index contributed by atoms with van der Waals surface area (Å²) in [6.07, 6.45) is 10.5. The van der Waals surface area contributed by atoms with Gasteiger partial charge in [-0.05, 0) is 51.2 Å². The van der Waals surface area contributed by atoms with Crippen molar-refractivity contribution in [1.29, 1.82) is 0 Å². The first-order chi connectivity index (χ1) is 12.0. The Bertz CT molecular complexity index is 521. The van der Waals surface area contributed by atoms with E-state index in [9.17, 15) is 8.42 Å². The van der Waals surface area contributed by atoms with Crippen molar-refractivity contribution in [2.45, 2.75) is 63.2 Å². The average Bonchev–Trinajstić information content (AvgIpc) is 2.53. The fourth-order valence-corrected chi connectivity index (χ4v) is 5.09. The Morgan fingerprint density at radius 3 is 2.60 bits per heavy atom. The maximum absolute atomic E-state index is 12.1. The quantitative estimate of drug-likeness (QED) is 0.414. The second kappa shape index (κ2) is 10.6. The van der Waals surface area contributed by atoms with E-state index in [2.05, 4.69) is 26.6 Å². The number of hydrogen-bond donors (Lipinski definition) is 3. The van der Waals surface area contributed by atoms with Crippen LogP contribution in [0.5, 0.6) is 0 Å². The number of guanidine groups is 1. The van der Waals surface area contributed by atoms with E-state index < -0.39 is 10.0 Å². The summed E-state index contributed by atoms with van der Waals surface area (Å²) in [6, 6.07) is 0.428. The predicted molar refractivity (Wildman–Crippen MR) is 108 cm³/mol. The maximum atomic E-state index is 12.1. The van der Waals surface area contributed by atoms with E-state index in [1.807, 2.05) is 18.7 Å². The molecule has 0 aromatic carbocycles. The first-order valence-electron chi connectivity index (χ1n) is 9.57. The molecule has 0 bridgehead atoms. The van der Waals surface area contributed by atoms with Gasteiger partial charge in [0.1, 0.15) is 0 Å². The topological polar surface area (TPSA) is 82.6 Å². The summed E-state index contributed by atoms with van der Waals surface area (Å²) in [7, 11) is -3.23. The molecule has 2 fully saturated rings. The highest BCUT2D eigenvalue weighted by atomic mass is 32.2. The minimum atomic E-state index is -3.23. The van der Waals surface area contributed by atoms with Crippen molar-refractivity contribution in [3.63, 3.8) is 0 Å². The SMILES string of the molecule is CCNC(=NCCS(=O)(=O)NCC1CCC1)NC1CCCC(SC)C1. The molecular weight excluding hydrogens is 356 g/mol. The first kappa shape index (κ1) is 20.8. The van der Waals surface area contributed by atoms with Crippen LogP contribution in [0.2, 0.25) is 0 Å². The minimum absolute atomic E-state index is 0.0500. The van der Waals surface area contributed by atoms with Gasteiger partial charge in [-0.15, -0.1) is 0 Å². The van der Waals surface area contributed by atoms with E-state index in [4.69, 9.17) is 0 Å². The molecule has 0 radical (unpaired) electrons. The van der Waals surface area contributed by atoms with Gasteiger partial charge in [0, 0.05) is 24.4 Å². The lowest BCUT2D eigenvalue weighted by Crippen LogP contribution is -2.46. The molecule has 0 amide bonds. The number of sulfonamides is 1. The van der Waals surface area contributed by atoms with Gasteiger partial charge in [0.2, 0.25) is 10.0 Å². The zero-order chi connectivity index (χ0) is 18.1. The third kappa shape index (κ3) is 7.74. The largest absolute Gasteiger partial charge is 0.357 e. The van der Waals surface area contributed by atoms with E-state index in [0.29, 0.717) is 23.8 Å². The molecule has 2 unspecified atom stereocenters. The van der Waals surface area contributed by atoms with Crippen LogP contribution >= 0.6 is 11.8 Å². The number of hydrogen-bond acceptors (Lipinski definition) is 4. The summed E-state index contributed by atoms with van der Waals surface area (Å²) < 4.78 is 26.8. The lowest BCUT2D eigenvalue weighted by Gasteiger charge is -2.29. The third-order valence-electron chi connectivity index (χ3n) is 5.09. The molecule has 3 N–H and O–H groups in total. The molecule has 2 aliphatic carbocycles. The van der Waals surface area contributed by atoms with E-state index in [1.54, 1.807) is 0 Å². The molecule has 2 aliphatic rings. The van der Waals surface area contributed by atoms with E-state index in [-0.39, 0.29) is 12.3 Å². The van der Waals surface area contributed by atoms with Crippen LogP contribution in [-0.2, 0) is 10.0 Å². The van der Waals surface area contributed by atoms with Gasteiger partial charge >= 0.3 is 0 Å². The number of nitrogens with one attached hydrogen (secondary N) is 3. The Labute approximate surface area is 157 Å². The van der Waals surface area contributed by atoms with Crippen molar-refractivity contribution in [2.75, 3.05) is 31.6 Å². The van der Waals surface area contributed by atoms with Crippen molar-refractivity contribution in [1.82, 2.24) is 15.4 Å². The normalized spacial score (nSPS) is 25.4. The van der Waals surface area contributed by atoms with Gasteiger partial charge in [-0.1, -0.05) is 12.8 Å². The molecule has 0 saturated heterocycles. The monoisotopic (exact) mass is 390 g/mol. The minimum Gasteiger partial charge on any atom is -0.357 e. The summed E-state index contributed by atoms with van der Waals surface area (Å²) in [5.74, 6) is 1.32. The maximum Gasteiger partial charge on any atom is 0.213 e. The van der Waals surface area contributed by atoms with Crippen LogP contribution in [0.4, 0.5) is 0 Å². The van der Waals surface area contributed by atoms with Crippen molar-refractivity contribution in [2.24, 2.45) is 10.9 Å². The molecule has 0 heterocycles. The van der Waals surface area contributed by atoms with Gasteiger partial charge in [-0.3, -0.25) is 4.99 Å². The average molecular weight is 391 g/mol. The summed E-state index contributed by atoms with van der Waals surface area (Å²) in [6.45, 7) is 3.67. The van der Waals surface area contributed by atoms with Gasteiger partial charge in [-0.2, -0.15) is 11.8 Å². The molecule has 2 atom stereocenters. The Kier molecular flexibility index (Phi) is 8.85. The molecule has 0 aromatic heterocycles. The predicted octanol–water partition coefficient (Wildman–Crippen LogP) is 1.94. The highest BCUT2D eigenvalue weighted by molar-refractivity contribution is 7.99. The summed E-state index contributed by atoms with van der Waals surface area (Å²) >= 11 is 1.94. The zero-order valence-electron chi connectivity index (χ0n) is 15.6. The second-order valence-electron chi connectivity index (χ2n) is 7.09. The second-order valence-corrected chi connectivity index (χ2v) is 10.2. The van der Waals surface area contributed by atoms with Gasteiger partial charge in [0.15, 0.2) is 5.96 Å². The van der Waals surface area contributed by atoms with Crippen molar-refractivity contribution >= 4 is 27.7 Å². The van der Waals surface area contributed by atoms with E-state index >= 15 is 0 Å². The van der Waals surface area contributed by atoms with Crippen LogP contribution in [-0.4, -0.2) is 57.3 Å². The molecule has 6 nitrogen and oxygen atoms in total. The Hall–Kier alpha value is -0.470. The van der Waals surface area contributed by atoms with E-state index in [0.717, 1.165) is 38.2 Å². The molecule has 0 spiro atoms. The highest BCUT2D eigenvalue weighted by Gasteiger charge is 2.22. The summed E-state index contributed by atoms with van der Waals surface area (Å²) in [5, 5.41) is 7.43. The molecule has 2 rings (SSSR count). The van der Waals surface area contributed by atoms with Crippen LogP contribution < -0.4 is 15.4 Å². The molecule has 0 aromatic rings. The molecule has 25 heavy (non-hydrogen) atoms. The Morgan fingerprint density at radius 2 is 1.96 bits per heavy atom. The Balaban J connectivity index is 1.77. The number of nitrogens with zero attached hydrogens (tertiary/aromatic N) is 1. The summed E-state index contributed by atoms with van der Waals surface area (Å²) in [5.41, 5.74) is 0. The zero-order valence-corrected chi connectivity index (χ0v) is 17.2. The molecule has 8 heteroatoms. The molecule has 2 saturated carbocycles. The number of rotatable bonds is 9. The van der Waals surface area contributed by atoms with Crippen molar-refractivity contribution in [3.05, 3.63) is 0 Å². The molecule has 0 aliphatic heterocycles. The van der Waals surface area contributed by atoms with E-state index in [1.165, 1.54) is 19.3 Å². The van der Waals surface area contributed by atoms with Crippen LogP contribution in [0.1, 0.15) is 51.9 Å². The Morgan fingerprint density at radius 1 is 1.20 bits per heavy atom. The van der Waals surface area contributed by atoms with Gasteiger partial charge in [0.05, 0.1) is 12.3 Å². The first-order valence-corrected chi connectivity index (χ1v) is 12.5. The van der Waals surface area contributed by atoms with Gasteiger partial charge < -0.3 is 10.6 Å². The third-order valence-corrected chi connectivity index (χ3v) is 7.51. The summed E-state index contributed by atoms with van der Waals surface area (Å²) in [4.78, 5) is 4.47. The number of thioether (sulfide) groups is 1. The van der Waals surface area contributed by atoms with Gasteiger partial charge in [-0.25, -0.2) is 13.1 Å². The smallest absolute Gasteiger partial charge is 0.213 e. The lowest BCUT2D eigenvalue weighted by atomic mass is 9.86.